The van der Waals surface area contributed by atoms with Crippen molar-refractivity contribution in [3.63, 3.8) is 0 Å². The third-order valence-corrected chi connectivity index (χ3v) is 2.77. The number of hydrogen-bond acceptors (Lipinski definition) is 3. The monoisotopic (exact) mass is 201 g/mol. The van der Waals surface area contributed by atoms with Crippen LogP contribution >= 0.6 is 0 Å². The Balaban J connectivity index is 2.22. The average molecular weight is 201 g/mol. The number of carboxylic acids is 1. The Morgan fingerprint density at radius 3 is 3.07 bits per heavy atom. The fourth-order valence-corrected chi connectivity index (χ4v) is 1.96. The van der Waals surface area contributed by atoms with Gasteiger partial charge in [-0.1, -0.05) is 0 Å². The van der Waals surface area contributed by atoms with E-state index in [1.54, 1.807) is 7.11 Å². The summed E-state index contributed by atoms with van der Waals surface area (Å²) in [6, 6.07) is -0.337. The third kappa shape index (κ3) is 3.64. The van der Waals surface area contributed by atoms with Crippen LogP contribution in [-0.2, 0) is 9.53 Å². The molecule has 1 aliphatic rings. The van der Waals surface area contributed by atoms with Gasteiger partial charge in [-0.25, -0.2) is 0 Å². The van der Waals surface area contributed by atoms with Crippen LogP contribution < -0.4 is 5.32 Å². The topological polar surface area (TPSA) is 58.6 Å². The molecule has 0 aromatic rings. The van der Waals surface area contributed by atoms with Crippen LogP contribution in [-0.4, -0.2) is 37.4 Å². The lowest BCUT2D eigenvalue weighted by Crippen LogP contribution is -2.43. The van der Waals surface area contributed by atoms with E-state index < -0.39 is 5.97 Å². The van der Waals surface area contributed by atoms with Crippen LogP contribution in [0.5, 0.6) is 0 Å². The summed E-state index contributed by atoms with van der Waals surface area (Å²) in [5.74, 6) is -0.172. The first-order valence-corrected chi connectivity index (χ1v) is 5.19. The zero-order valence-corrected chi connectivity index (χ0v) is 8.66. The van der Waals surface area contributed by atoms with Gasteiger partial charge >= 0.3 is 5.97 Å². The first-order valence-electron chi connectivity index (χ1n) is 5.19. The predicted molar refractivity (Wildman–Crippen MR) is 53.3 cm³/mol. The normalized spacial score (nSPS) is 27.5. The van der Waals surface area contributed by atoms with Gasteiger partial charge in [-0.15, -0.1) is 0 Å². The first-order chi connectivity index (χ1) is 6.74. The van der Waals surface area contributed by atoms with E-state index in [1.807, 2.05) is 0 Å². The second-order valence-corrected chi connectivity index (χ2v) is 3.87. The van der Waals surface area contributed by atoms with Crippen LogP contribution in [0.25, 0.3) is 0 Å². The Bertz CT molecular complexity index is 184. The van der Waals surface area contributed by atoms with Crippen LogP contribution in [0.2, 0.25) is 0 Å². The van der Waals surface area contributed by atoms with Crippen molar-refractivity contribution in [1.82, 2.24) is 5.32 Å². The van der Waals surface area contributed by atoms with Crippen LogP contribution in [0.3, 0.4) is 0 Å². The molecule has 0 saturated carbocycles. The van der Waals surface area contributed by atoms with E-state index in [-0.39, 0.29) is 6.04 Å². The summed E-state index contributed by atoms with van der Waals surface area (Å²) in [4.78, 5) is 10.7. The highest BCUT2D eigenvalue weighted by Crippen LogP contribution is 2.21. The van der Waals surface area contributed by atoms with E-state index in [0.29, 0.717) is 5.92 Å². The largest absolute Gasteiger partial charge is 0.480 e. The number of methoxy groups -OCH3 is 1. The average Bonchev–Trinajstić information content (AvgIpc) is 2.19. The molecule has 2 atom stereocenters. The van der Waals surface area contributed by atoms with Gasteiger partial charge in [0.1, 0.15) is 6.04 Å². The molecule has 4 heteroatoms. The molecule has 2 unspecified atom stereocenters. The Morgan fingerprint density at radius 2 is 2.43 bits per heavy atom. The van der Waals surface area contributed by atoms with Gasteiger partial charge < -0.3 is 15.2 Å². The van der Waals surface area contributed by atoms with Crippen molar-refractivity contribution in [2.75, 3.05) is 20.3 Å². The van der Waals surface area contributed by atoms with Crippen molar-refractivity contribution in [1.29, 1.82) is 0 Å². The molecule has 1 heterocycles. The molecule has 0 amide bonds. The lowest BCUT2D eigenvalue weighted by atomic mass is 9.89. The Kier molecular flexibility index (Phi) is 4.90. The van der Waals surface area contributed by atoms with Crippen molar-refractivity contribution in [3.8, 4) is 0 Å². The highest BCUT2D eigenvalue weighted by Gasteiger charge is 2.25. The van der Waals surface area contributed by atoms with Gasteiger partial charge in [0, 0.05) is 13.7 Å². The molecule has 0 aliphatic carbocycles. The van der Waals surface area contributed by atoms with Gasteiger partial charge in [0.2, 0.25) is 0 Å². The third-order valence-electron chi connectivity index (χ3n) is 2.77. The number of carbonyl (C=O) groups is 1. The molecular formula is C10H19NO3. The quantitative estimate of drug-likeness (QED) is 0.648. The van der Waals surface area contributed by atoms with E-state index in [0.717, 1.165) is 38.8 Å². The molecule has 1 rings (SSSR count). The molecule has 82 valence electrons. The molecule has 1 fully saturated rings. The number of carboxylic acid groups (broad SMARTS) is 1. The van der Waals surface area contributed by atoms with Gasteiger partial charge in [0.25, 0.3) is 0 Å². The minimum atomic E-state index is -0.721. The lowest BCUT2D eigenvalue weighted by molar-refractivity contribution is -0.140. The zero-order chi connectivity index (χ0) is 10.4. The van der Waals surface area contributed by atoms with E-state index in [4.69, 9.17) is 9.84 Å². The second-order valence-electron chi connectivity index (χ2n) is 3.87. The van der Waals surface area contributed by atoms with Crippen LogP contribution in [0, 0.1) is 5.92 Å². The van der Waals surface area contributed by atoms with Crippen molar-refractivity contribution >= 4 is 5.97 Å². The summed E-state index contributed by atoms with van der Waals surface area (Å²) < 4.78 is 4.98. The van der Waals surface area contributed by atoms with Crippen molar-refractivity contribution in [3.05, 3.63) is 0 Å². The summed E-state index contributed by atoms with van der Waals surface area (Å²) in [5, 5.41) is 11.8. The van der Waals surface area contributed by atoms with Gasteiger partial charge in [-0.05, 0) is 38.1 Å². The highest BCUT2D eigenvalue weighted by molar-refractivity contribution is 5.73. The Labute approximate surface area is 84.6 Å². The standard InChI is InChI=1S/C10H19NO3/c1-14-6-2-3-8-4-5-11-9(7-8)10(12)13/h8-9,11H,2-7H2,1H3,(H,12,13). The maximum absolute atomic E-state index is 10.7. The molecule has 2 N–H and O–H groups in total. The molecule has 0 aromatic heterocycles. The van der Waals surface area contributed by atoms with Gasteiger partial charge in [0.15, 0.2) is 0 Å². The molecule has 14 heavy (non-hydrogen) atoms. The summed E-state index contributed by atoms with van der Waals surface area (Å²) in [5.41, 5.74) is 0. The van der Waals surface area contributed by atoms with Gasteiger partial charge in [-0.3, -0.25) is 4.79 Å². The molecular weight excluding hydrogens is 182 g/mol. The summed E-state index contributed by atoms with van der Waals surface area (Å²) in [6.45, 7) is 1.61. The fraction of sp³-hybridized carbons (Fsp3) is 0.900. The molecule has 4 nitrogen and oxygen atoms in total. The number of ether oxygens (including phenoxy) is 1. The van der Waals surface area contributed by atoms with E-state index in [2.05, 4.69) is 5.32 Å². The molecule has 0 aromatic carbocycles. The molecule has 0 radical (unpaired) electrons. The lowest BCUT2D eigenvalue weighted by Gasteiger charge is -2.27. The zero-order valence-electron chi connectivity index (χ0n) is 8.66. The molecule has 0 spiro atoms. The van der Waals surface area contributed by atoms with Crippen molar-refractivity contribution in [2.45, 2.75) is 31.7 Å². The fourth-order valence-electron chi connectivity index (χ4n) is 1.96. The van der Waals surface area contributed by atoms with Crippen LogP contribution in [0.15, 0.2) is 0 Å². The van der Waals surface area contributed by atoms with E-state index in [9.17, 15) is 4.79 Å². The maximum atomic E-state index is 10.7. The van der Waals surface area contributed by atoms with Crippen molar-refractivity contribution in [2.24, 2.45) is 5.92 Å². The number of piperidine rings is 1. The van der Waals surface area contributed by atoms with Crippen LogP contribution in [0.1, 0.15) is 25.7 Å². The summed E-state index contributed by atoms with van der Waals surface area (Å²) in [6.07, 6.45) is 3.97. The molecule has 0 bridgehead atoms. The number of aliphatic carboxylic acids is 1. The number of nitrogens with one attached hydrogen (secondary N) is 1. The summed E-state index contributed by atoms with van der Waals surface area (Å²) >= 11 is 0. The smallest absolute Gasteiger partial charge is 0.320 e. The van der Waals surface area contributed by atoms with Crippen molar-refractivity contribution < 1.29 is 14.6 Å². The predicted octanol–water partition coefficient (Wildman–Crippen LogP) is 0.866. The number of rotatable bonds is 5. The van der Waals surface area contributed by atoms with Gasteiger partial charge in [-0.2, -0.15) is 0 Å². The van der Waals surface area contributed by atoms with E-state index >= 15 is 0 Å². The molecule has 1 saturated heterocycles. The Hall–Kier alpha value is -0.610. The van der Waals surface area contributed by atoms with Gasteiger partial charge in [0.05, 0.1) is 0 Å². The molecule has 1 aliphatic heterocycles. The van der Waals surface area contributed by atoms with Crippen LogP contribution in [0.4, 0.5) is 0 Å². The van der Waals surface area contributed by atoms with E-state index in [1.165, 1.54) is 0 Å². The minimum Gasteiger partial charge on any atom is -0.480 e. The SMILES string of the molecule is COCCCC1CCNC(C(=O)O)C1. The first kappa shape index (κ1) is 11.5. The minimum absolute atomic E-state index is 0.337. The Morgan fingerprint density at radius 1 is 1.64 bits per heavy atom. The maximum Gasteiger partial charge on any atom is 0.320 e. The number of hydrogen-bond donors (Lipinski definition) is 2. The highest BCUT2D eigenvalue weighted by atomic mass is 16.5. The summed E-state index contributed by atoms with van der Waals surface area (Å²) in [7, 11) is 1.70. The second kappa shape index (κ2) is 5.98.